The lowest BCUT2D eigenvalue weighted by atomic mass is 10.1. The first kappa shape index (κ1) is 22.1. The summed E-state index contributed by atoms with van der Waals surface area (Å²) in [5.74, 6) is 0.374. The summed E-state index contributed by atoms with van der Waals surface area (Å²) in [6, 6.07) is 12.0. The Morgan fingerprint density at radius 2 is 1.71 bits per heavy atom. The minimum absolute atomic E-state index is 0.126. The minimum atomic E-state index is -0.567. The molecule has 2 amide bonds. The molecule has 1 atom stereocenters. The molecule has 0 saturated carbocycles. The Hall–Kier alpha value is -2.24. The Morgan fingerprint density at radius 3 is 2.25 bits per heavy atom. The number of carbonyl (C=O) groups is 2. The van der Waals surface area contributed by atoms with Crippen molar-refractivity contribution in [1.29, 1.82) is 0 Å². The Bertz CT molecular complexity index is 825. The van der Waals surface area contributed by atoms with Gasteiger partial charge in [0, 0.05) is 13.6 Å². The lowest BCUT2D eigenvalue weighted by Crippen LogP contribution is -2.48. The summed E-state index contributed by atoms with van der Waals surface area (Å²) < 4.78 is 5.18. The van der Waals surface area contributed by atoms with E-state index in [4.69, 9.17) is 27.9 Å². The van der Waals surface area contributed by atoms with E-state index in [1.165, 1.54) is 0 Å². The zero-order valence-corrected chi connectivity index (χ0v) is 17.7. The summed E-state index contributed by atoms with van der Waals surface area (Å²) in [6.45, 7) is 2.20. The Labute approximate surface area is 175 Å². The van der Waals surface area contributed by atoms with Crippen LogP contribution < -0.4 is 10.1 Å². The number of amides is 2. The number of nitrogens with one attached hydrogen (secondary N) is 1. The molecule has 150 valence electrons. The standard InChI is InChI=1S/C21H24Cl2N2O3/c1-4-19(21(27)24-2)25(13-14-5-8-16(28-3)9-6-14)20(26)12-15-7-10-17(22)18(23)11-15/h5-11,19H,4,12-13H2,1-3H3,(H,24,27)/t19-/m0/s1. The second-order valence-electron chi connectivity index (χ2n) is 6.33. The largest absolute Gasteiger partial charge is 0.497 e. The molecular formula is C21H24Cl2N2O3. The van der Waals surface area contributed by atoms with E-state index in [-0.39, 0.29) is 18.2 Å². The highest BCUT2D eigenvalue weighted by molar-refractivity contribution is 6.42. The van der Waals surface area contributed by atoms with Crippen LogP contribution in [-0.4, -0.2) is 36.9 Å². The highest BCUT2D eigenvalue weighted by atomic mass is 35.5. The van der Waals surface area contributed by atoms with E-state index in [0.717, 1.165) is 16.9 Å². The number of ether oxygens (including phenoxy) is 1. The van der Waals surface area contributed by atoms with Crippen LogP contribution >= 0.6 is 23.2 Å². The third kappa shape index (κ3) is 5.63. The van der Waals surface area contributed by atoms with Gasteiger partial charge in [0.25, 0.3) is 0 Å². The third-order valence-electron chi connectivity index (χ3n) is 4.48. The molecule has 2 rings (SSSR count). The maximum atomic E-state index is 13.1. The lowest BCUT2D eigenvalue weighted by molar-refractivity contribution is -0.140. The summed E-state index contributed by atoms with van der Waals surface area (Å²) in [5.41, 5.74) is 1.65. The van der Waals surface area contributed by atoms with Crippen LogP contribution in [0, 0.1) is 0 Å². The van der Waals surface area contributed by atoms with Gasteiger partial charge in [-0.1, -0.05) is 48.3 Å². The molecular weight excluding hydrogens is 399 g/mol. The third-order valence-corrected chi connectivity index (χ3v) is 5.22. The molecule has 5 nitrogen and oxygen atoms in total. The average molecular weight is 423 g/mol. The predicted octanol–water partition coefficient (Wildman–Crippen LogP) is 4.10. The van der Waals surface area contributed by atoms with Crippen molar-refractivity contribution in [2.45, 2.75) is 32.4 Å². The van der Waals surface area contributed by atoms with Gasteiger partial charge < -0.3 is 15.0 Å². The summed E-state index contributed by atoms with van der Waals surface area (Å²) in [4.78, 5) is 27.1. The van der Waals surface area contributed by atoms with Crippen molar-refractivity contribution in [2.75, 3.05) is 14.2 Å². The first-order chi connectivity index (χ1) is 13.4. The number of hydrogen-bond acceptors (Lipinski definition) is 3. The normalized spacial score (nSPS) is 11.6. The molecule has 28 heavy (non-hydrogen) atoms. The van der Waals surface area contributed by atoms with Crippen LogP contribution in [0.25, 0.3) is 0 Å². The minimum Gasteiger partial charge on any atom is -0.497 e. The average Bonchev–Trinajstić information content (AvgIpc) is 2.70. The molecule has 0 heterocycles. The predicted molar refractivity (Wildman–Crippen MR) is 112 cm³/mol. The SMILES string of the molecule is CC[C@@H](C(=O)NC)N(Cc1ccc(OC)cc1)C(=O)Cc1ccc(Cl)c(Cl)c1. The lowest BCUT2D eigenvalue weighted by Gasteiger charge is -2.30. The van der Waals surface area contributed by atoms with Crippen LogP contribution in [0.1, 0.15) is 24.5 Å². The summed E-state index contributed by atoms with van der Waals surface area (Å²) >= 11 is 12.0. The number of halogens is 2. The van der Waals surface area contributed by atoms with Crippen molar-refractivity contribution < 1.29 is 14.3 Å². The molecule has 7 heteroatoms. The van der Waals surface area contributed by atoms with Gasteiger partial charge in [-0.05, 0) is 41.8 Å². The molecule has 0 aliphatic carbocycles. The van der Waals surface area contributed by atoms with E-state index >= 15 is 0 Å². The number of benzene rings is 2. The molecule has 0 fully saturated rings. The van der Waals surface area contributed by atoms with Crippen LogP contribution in [-0.2, 0) is 22.6 Å². The van der Waals surface area contributed by atoms with Gasteiger partial charge >= 0.3 is 0 Å². The Morgan fingerprint density at radius 1 is 1.07 bits per heavy atom. The van der Waals surface area contributed by atoms with Crippen LogP contribution in [0.3, 0.4) is 0 Å². The van der Waals surface area contributed by atoms with E-state index in [1.807, 2.05) is 31.2 Å². The van der Waals surface area contributed by atoms with Crippen molar-refractivity contribution in [3.8, 4) is 5.75 Å². The molecule has 0 spiro atoms. The number of nitrogens with zero attached hydrogens (tertiary/aromatic N) is 1. The van der Waals surface area contributed by atoms with Gasteiger partial charge in [-0.3, -0.25) is 9.59 Å². The fourth-order valence-corrected chi connectivity index (χ4v) is 3.26. The quantitative estimate of drug-likeness (QED) is 0.696. The summed E-state index contributed by atoms with van der Waals surface area (Å²) in [6.07, 6.45) is 0.628. The number of hydrogen-bond donors (Lipinski definition) is 1. The number of likely N-dealkylation sites (N-methyl/N-ethyl adjacent to an activating group) is 1. The van der Waals surface area contributed by atoms with E-state index in [0.29, 0.717) is 23.0 Å². The maximum absolute atomic E-state index is 13.1. The number of carbonyl (C=O) groups excluding carboxylic acids is 2. The second kappa shape index (κ2) is 10.3. The van der Waals surface area contributed by atoms with Crippen LogP contribution in [0.2, 0.25) is 10.0 Å². The number of methoxy groups -OCH3 is 1. The Balaban J connectivity index is 2.28. The molecule has 0 radical (unpaired) electrons. The molecule has 0 aromatic heterocycles. The molecule has 0 aliphatic heterocycles. The van der Waals surface area contributed by atoms with Gasteiger partial charge in [0.2, 0.25) is 11.8 Å². The topological polar surface area (TPSA) is 58.6 Å². The van der Waals surface area contributed by atoms with E-state index in [2.05, 4.69) is 5.32 Å². The van der Waals surface area contributed by atoms with Gasteiger partial charge in [-0.15, -0.1) is 0 Å². The molecule has 2 aromatic rings. The Kier molecular flexibility index (Phi) is 8.15. The maximum Gasteiger partial charge on any atom is 0.242 e. The van der Waals surface area contributed by atoms with Gasteiger partial charge in [0.1, 0.15) is 11.8 Å². The zero-order chi connectivity index (χ0) is 20.7. The van der Waals surface area contributed by atoms with Gasteiger partial charge in [0.15, 0.2) is 0 Å². The van der Waals surface area contributed by atoms with E-state index in [1.54, 1.807) is 37.3 Å². The molecule has 1 N–H and O–H groups in total. The van der Waals surface area contributed by atoms with E-state index < -0.39 is 6.04 Å². The smallest absolute Gasteiger partial charge is 0.242 e. The van der Waals surface area contributed by atoms with Gasteiger partial charge in [-0.2, -0.15) is 0 Å². The highest BCUT2D eigenvalue weighted by Crippen LogP contribution is 2.24. The van der Waals surface area contributed by atoms with E-state index in [9.17, 15) is 9.59 Å². The molecule has 0 saturated heterocycles. The zero-order valence-electron chi connectivity index (χ0n) is 16.2. The van der Waals surface area contributed by atoms with Crippen LogP contribution in [0.5, 0.6) is 5.75 Å². The highest BCUT2D eigenvalue weighted by Gasteiger charge is 2.28. The van der Waals surface area contributed by atoms with Crippen molar-refractivity contribution in [2.24, 2.45) is 0 Å². The van der Waals surface area contributed by atoms with Gasteiger partial charge in [0.05, 0.1) is 23.6 Å². The molecule has 0 unspecified atom stereocenters. The molecule has 2 aromatic carbocycles. The summed E-state index contributed by atoms with van der Waals surface area (Å²) in [5, 5.41) is 3.47. The van der Waals surface area contributed by atoms with Crippen LogP contribution in [0.15, 0.2) is 42.5 Å². The van der Waals surface area contributed by atoms with Crippen molar-refractivity contribution in [3.05, 3.63) is 63.6 Å². The fraction of sp³-hybridized carbons (Fsp3) is 0.333. The molecule has 0 aliphatic rings. The van der Waals surface area contributed by atoms with Crippen molar-refractivity contribution in [3.63, 3.8) is 0 Å². The monoisotopic (exact) mass is 422 g/mol. The van der Waals surface area contributed by atoms with Crippen LogP contribution in [0.4, 0.5) is 0 Å². The fourth-order valence-electron chi connectivity index (χ4n) is 2.94. The van der Waals surface area contributed by atoms with Gasteiger partial charge in [-0.25, -0.2) is 0 Å². The first-order valence-electron chi connectivity index (χ1n) is 8.97. The molecule has 0 bridgehead atoms. The summed E-state index contributed by atoms with van der Waals surface area (Å²) in [7, 11) is 3.17. The van der Waals surface area contributed by atoms with Crippen molar-refractivity contribution in [1.82, 2.24) is 10.2 Å². The van der Waals surface area contributed by atoms with Crippen molar-refractivity contribution >= 4 is 35.0 Å². The second-order valence-corrected chi connectivity index (χ2v) is 7.15. The number of rotatable bonds is 8. The first-order valence-corrected chi connectivity index (χ1v) is 9.73.